The van der Waals surface area contributed by atoms with Gasteiger partial charge in [-0.2, -0.15) is 5.26 Å². The molecule has 1 nitrogen and oxygen atoms in total. The number of nitriles is 1. The van der Waals surface area contributed by atoms with Crippen LogP contribution in [0.15, 0.2) is 18.2 Å². The summed E-state index contributed by atoms with van der Waals surface area (Å²) in [6.45, 7) is 1.90. The molecule has 1 aromatic carbocycles. The van der Waals surface area contributed by atoms with Gasteiger partial charge in [0.15, 0.2) is 6.07 Å². The van der Waals surface area contributed by atoms with E-state index in [2.05, 4.69) is 11.8 Å². The molecule has 0 bridgehead atoms. The van der Waals surface area contributed by atoms with E-state index < -0.39 is 0 Å². The van der Waals surface area contributed by atoms with Crippen LogP contribution in [0.1, 0.15) is 11.1 Å². The van der Waals surface area contributed by atoms with Crippen LogP contribution in [0.2, 0.25) is 5.02 Å². The Morgan fingerprint density at radius 1 is 1.42 bits per heavy atom. The van der Waals surface area contributed by atoms with Crippen molar-refractivity contribution in [2.45, 2.75) is 6.92 Å². The maximum atomic E-state index is 8.22. The molecule has 0 aliphatic heterocycles. The zero-order valence-electron chi connectivity index (χ0n) is 6.56. The van der Waals surface area contributed by atoms with Crippen molar-refractivity contribution >= 4 is 11.6 Å². The first-order valence-corrected chi connectivity index (χ1v) is 3.78. The van der Waals surface area contributed by atoms with Crippen molar-refractivity contribution in [3.8, 4) is 17.9 Å². The number of aryl methyl sites for hydroxylation is 1. The molecule has 1 aromatic rings. The van der Waals surface area contributed by atoms with Crippen LogP contribution < -0.4 is 0 Å². The molecule has 0 amide bonds. The lowest BCUT2D eigenvalue weighted by molar-refractivity contribution is 1.45. The zero-order chi connectivity index (χ0) is 8.97. The van der Waals surface area contributed by atoms with Gasteiger partial charge in [0.2, 0.25) is 0 Å². The molecule has 0 radical (unpaired) electrons. The summed E-state index contributed by atoms with van der Waals surface area (Å²) >= 11 is 5.92. The molecule has 0 aliphatic rings. The molecule has 0 spiro atoms. The zero-order valence-corrected chi connectivity index (χ0v) is 7.31. The lowest BCUT2D eigenvalue weighted by atomic mass is 10.1. The largest absolute Gasteiger partial charge is 0.183 e. The maximum Gasteiger partial charge on any atom is 0.152 e. The Hall–Kier alpha value is -1.44. The Morgan fingerprint density at radius 3 is 2.83 bits per heavy atom. The number of benzene rings is 1. The molecular formula is C10H6ClN. The normalized spacial score (nSPS) is 8.08. The second-order valence-electron chi connectivity index (χ2n) is 2.30. The van der Waals surface area contributed by atoms with E-state index in [0.717, 1.165) is 5.56 Å². The minimum atomic E-state index is 0.625. The Bertz CT molecular complexity index is 391. The fourth-order valence-corrected chi connectivity index (χ4v) is 1.01. The van der Waals surface area contributed by atoms with Gasteiger partial charge < -0.3 is 0 Å². The lowest BCUT2D eigenvalue weighted by Crippen LogP contribution is -1.80. The number of nitrogens with zero attached hydrogens (tertiary/aromatic N) is 1. The molecule has 0 aromatic heterocycles. The van der Waals surface area contributed by atoms with Gasteiger partial charge in [-0.05, 0) is 24.5 Å². The Balaban J connectivity index is 3.19. The molecule has 0 unspecified atom stereocenters. The van der Waals surface area contributed by atoms with Crippen molar-refractivity contribution in [2.75, 3.05) is 0 Å². The molecule has 0 aliphatic carbocycles. The predicted molar refractivity (Wildman–Crippen MR) is 48.7 cm³/mol. The average Bonchev–Trinajstić information content (AvgIpc) is 2.08. The van der Waals surface area contributed by atoms with E-state index in [1.165, 1.54) is 0 Å². The smallest absolute Gasteiger partial charge is 0.152 e. The first kappa shape index (κ1) is 8.65. The van der Waals surface area contributed by atoms with Crippen molar-refractivity contribution in [1.29, 1.82) is 5.26 Å². The van der Waals surface area contributed by atoms with Gasteiger partial charge in [-0.15, -0.1) is 0 Å². The van der Waals surface area contributed by atoms with Crippen molar-refractivity contribution in [3.63, 3.8) is 0 Å². The van der Waals surface area contributed by atoms with Gasteiger partial charge >= 0.3 is 0 Å². The van der Waals surface area contributed by atoms with Crippen molar-refractivity contribution < 1.29 is 0 Å². The third-order valence-electron chi connectivity index (χ3n) is 1.44. The molecule has 0 N–H and O–H groups in total. The van der Waals surface area contributed by atoms with Gasteiger partial charge in [-0.1, -0.05) is 23.7 Å². The number of hydrogen-bond donors (Lipinski definition) is 0. The highest BCUT2D eigenvalue weighted by molar-refractivity contribution is 6.32. The molecule has 0 saturated carbocycles. The molecule has 58 valence electrons. The first-order chi connectivity index (χ1) is 5.75. The molecule has 0 atom stereocenters. The Kier molecular flexibility index (Phi) is 2.75. The maximum absolute atomic E-state index is 8.22. The van der Waals surface area contributed by atoms with E-state index in [1.54, 1.807) is 12.1 Å². The summed E-state index contributed by atoms with van der Waals surface area (Å²) in [5.41, 5.74) is 1.68. The highest BCUT2D eigenvalue weighted by Crippen LogP contribution is 2.18. The SMILES string of the molecule is Cc1cccc(C#CC#N)c1Cl. The molecule has 12 heavy (non-hydrogen) atoms. The highest BCUT2D eigenvalue weighted by atomic mass is 35.5. The molecular weight excluding hydrogens is 170 g/mol. The van der Waals surface area contributed by atoms with Crippen molar-refractivity contribution in [3.05, 3.63) is 34.3 Å². The van der Waals surface area contributed by atoms with E-state index in [1.807, 2.05) is 19.1 Å². The van der Waals surface area contributed by atoms with Crippen molar-refractivity contribution in [1.82, 2.24) is 0 Å². The van der Waals surface area contributed by atoms with Crippen LogP contribution in [0.25, 0.3) is 0 Å². The van der Waals surface area contributed by atoms with Gasteiger partial charge in [0, 0.05) is 11.5 Å². The second-order valence-corrected chi connectivity index (χ2v) is 2.68. The van der Waals surface area contributed by atoms with E-state index in [0.29, 0.717) is 10.6 Å². The summed E-state index contributed by atoms with van der Waals surface area (Å²) < 4.78 is 0. The van der Waals surface area contributed by atoms with Gasteiger partial charge in [0.05, 0.1) is 5.02 Å². The van der Waals surface area contributed by atoms with Crippen LogP contribution >= 0.6 is 11.6 Å². The van der Waals surface area contributed by atoms with Crippen LogP contribution in [0.5, 0.6) is 0 Å². The van der Waals surface area contributed by atoms with Gasteiger partial charge in [0.25, 0.3) is 0 Å². The summed E-state index contributed by atoms with van der Waals surface area (Å²) in [6, 6.07) is 7.30. The van der Waals surface area contributed by atoms with E-state index in [4.69, 9.17) is 16.9 Å². The molecule has 0 saturated heterocycles. The highest BCUT2D eigenvalue weighted by Gasteiger charge is 1.97. The van der Waals surface area contributed by atoms with E-state index >= 15 is 0 Å². The van der Waals surface area contributed by atoms with Crippen LogP contribution in [-0.2, 0) is 0 Å². The van der Waals surface area contributed by atoms with Gasteiger partial charge in [0.1, 0.15) is 0 Å². The van der Waals surface area contributed by atoms with Crippen LogP contribution in [0.3, 0.4) is 0 Å². The fraction of sp³-hybridized carbons (Fsp3) is 0.100. The number of hydrogen-bond acceptors (Lipinski definition) is 1. The van der Waals surface area contributed by atoms with Gasteiger partial charge in [-0.25, -0.2) is 0 Å². The molecule has 0 fully saturated rings. The summed E-state index contributed by atoms with van der Waals surface area (Å²) in [4.78, 5) is 0. The number of halogens is 1. The van der Waals surface area contributed by atoms with Crippen LogP contribution in [0.4, 0.5) is 0 Å². The third kappa shape index (κ3) is 1.78. The summed E-state index contributed by atoms with van der Waals surface area (Å²) in [7, 11) is 0. The lowest BCUT2D eigenvalue weighted by Gasteiger charge is -1.97. The average molecular weight is 176 g/mol. The van der Waals surface area contributed by atoms with Gasteiger partial charge in [-0.3, -0.25) is 0 Å². The summed E-state index contributed by atoms with van der Waals surface area (Å²) in [6.07, 6.45) is 0. The molecule has 0 heterocycles. The number of rotatable bonds is 0. The van der Waals surface area contributed by atoms with Crippen LogP contribution in [0, 0.1) is 30.1 Å². The quantitative estimate of drug-likeness (QED) is 0.556. The Labute approximate surface area is 76.6 Å². The summed E-state index contributed by atoms with van der Waals surface area (Å²) in [5.74, 6) is 4.96. The standard InChI is InChI=1S/C10H6ClN/c1-8-4-2-5-9(10(8)11)6-3-7-12/h2,4-5H,1H3. The summed E-state index contributed by atoms with van der Waals surface area (Å²) in [5, 5.41) is 8.85. The van der Waals surface area contributed by atoms with Crippen LogP contribution in [-0.4, -0.2) is 0 Å². The Morgan fingerprint density at radius 2 is 2.17 bits per heavy atom. The van der Waals surface area contributed by atoms with Crippen molar-refractivity contribution in [2.24, 2.45) is 0 Å². The second kappa shape index (κ2) is 3.81. The predicted octanol–water partition coefficient (Wildman–Crippen LogP) is 2.52. The third-order valence-corrected chi connectivity index (χ3v) is 1.95. The first-order valence-electron chi connectivity index (χ1n) is 3.41. The fourth-order valence-electron chi connectivity index (χ4n) is 0.839. The minimum Gasteiger partial charge on any atom is -0.183 e. The topological polar surface area (TPSA) is 23.8 Å². The van der Waals surface area contributed by atoms with E-state index in [9.17, 15) is 0 Å². The molecule has 1 rings (SSSR count). The minimum absolute atomic E-state index is 0.625. The monoisotopic (exact) mass is 175 g/mol. The molecule has 2 heteroatoms. The van der Waals surface area contributed by atoms with E-state index in [-0.39, 0.29) is 0 Å².